The highest BCUT2D eigenvalue weighted by molar-refractivity contribution is 7.87. The van der Waals surface area contributed by atoms with Crippen LogP contribution < -0.4 is 0 Å². The van der Waals surface area contributed by atoms with E-state index in [2.05, 4.69) is 10.3 Å². The van der Waals surface area contributed by atoms with Gasteiger partial charge >= 0.3 is 15.6 Å². The summed E-state index contributed by atoms with van der Waals surface area (Å²) in [6.07, 6.45) is 6.66. The predicted octanol–water partition coefficient (Wildman–Crippen LogP) is 2.91. The fourth-order valence-electron chi connectivity index (χ4n) is 1.24. The van der Waals surface area contributed by atoms with E-state index >= 15 is 0 Å². The predicted molar refractivity (Wildman–Crippen MR) is 63.4 cm³/mol. The molecule has 0 bridgehead atoms. The van der Waals surface area contributed by atoms with Gasteiger partial charge in [-0.25, -0.2) is 0 Å². The van der Waals surface area contributed by atoms with Crippen LogP contribution in [0.2, 0.25) is 19.6 Å². The maximum atomic E-state index is 12.2. The zero-order chi connectivity index (χ0) is 14.2. The third kappa shape index (κ3) is 3.21. The molecular formula is C10H12F3O3SSi+. The third-order valence-electron chi connectivity index (χ3n) is 2.12. The number of rotatable bonds is 3. The van der Waals surface area contributed by atoms with Crippen LogP contribution in [-0.4, -0.2) is 22.0 Å². The second-order valence-electron chi connectivity index (χ2n) is 4.66. The molecule has 18 heavy (non-hydrogen) atoms. The Morgan fingerprint density at radius 2 is 1.83 bits per heavy atom. The molecule has 0 aliphatic heterocycles. The zero-order valence-electron chi connectivity index (χ0n) is 10.00. The van der Waals surface area contributed by atoms with Crippen LogP contribution in [0.5, 0.6) is 0 Å². The average Bonchev–Trinajstić information content (AvgIpc) is 2.14. The largest absolute Gasteiger partial charge is 0.534 e. The summed E-state index contributed by atoms with van der Waals surface area (Å²) >= 11 is 0. The summed E-state index contributed by atoms with van der Waals surface area (Å²) < 4.78 is 62.8. The van der Waals surface area contributed by atoms with E-state index < -0.39 is 23.7 Å². The first kappa shape index (κ1) is 14.9. The van der Waals surface area contributed by atoms with Crippen molar-refractivity contribution >= 4 is 18.2 Å². The molecule has 0 saturated heterocycles. The van der Waals surface area contributed by atoms with Crippen molar-refractivity contribution in [2.24, 2.45) is 0 Å². The molecule has 0 amide bonds. The number of hydrogen-bond acceptors (Lipinski definition) is 3. The molecule has 0 aromatic heterocycles. The molecule has 0 unspecified atom stereocenters. The molecular weight excluding hydrogens is 285 g/mol. The minimum Gasteiger partial charge on any atom is -0.349 e. The van der Waals surface area contributed by atoms with E-state index in [1.54, 1.807) is 0 Å². The summed E-state index contributed by atoms with van der Waals surface area (Å²) in [5.41, 5.74) is -5.43. The monoisotopic (exact) mass is 297 g/mol. The lowest BCUT2D eigenvalue weighted by molar-refractivity contribution is -0.0520. The van der Waals surface area contributed by atoms with Gasteiger partial charge in [-0.3, -0.25) is 0 Å². The summed E-state index contributed by atoms with van der Waals surface area (Å²) in [5.74, 6) is -0.273. The van der Waals surface area contributed by atoms with Gasteiger partial charge in [0, 0.05) is 6.08 Å². The lowest BCUT2D eigenvalue weighted by atomic mass is 10.3. The van der Waals surface area contributed by atoms with Gasteiger partial charge in [0.15, 0.2) is 8.07 Å². The van der Waals surface area contributed by atoms with E-state index in [0.29, 0.717) is 5.20 Å². The Morgan fingerprint density at radius 1 is 1.28 bits per heavy atom. The SMILES string of the molecule is C[Si](C)(C)C1=C(OS(=O)(=O)C(F)(F)F)C=C[C+]=C1. The van der Waals surface area contributed by atoms with Gasteiger partial charge < -0.3 is 4.18 Å². The first-order chi connectivity index (χ1) is 7.95. The first-order valence-electron chi connectivity index (χ1n) is 4.96. The van der Waals surface area contributed by atoms with Gasteiger partial charge in [0.2, 0.25) is 5.76 Å². The molecule has 1 aliphatic carbocycles. The lowest BCUT2D eigenvalue weighted by Gasteiger charge is -2.16. The Hall–Kier alpha value is -1.11. The van der Waals surface area contributed by atoms with E-state index in [9.17, 15) is 21.6 Å². The summed E-state index contributed by atoms with van der Waals surface area (Å²) in [6.45, 7) is 5.59. The Bertz CT molecular complexity index is 522. The topological polar surface area (TPSA) is 43.4 Å². The molecule has 0 radical (unpaired) electrons. The molecule has 100 valence electrons. The Morgan fingerprint density at radius 3 is 2.28 bits per heavy atom. The van der Waals surface area contributed by atoms with E-state index in [4.69, 9.17) is 0 Å². The number of halogens is 3. The van der Waals surface area contributed by atoms with Gasteiger partial charge in [0.05, 0.1) is 11.3 Å². The fraction of sp³-hybridized carbons (Fsp3) is 0.400. The maximum absolute atomic E-state index is 12.2. The molecule has 0 aromatic rings. The Balaban J connectivity index is 3.21. The van der Waals surface area contributed by atoms with E-state index in [1.165, 1.54) is 18.2 Å². The lowest BCUT2D eigenvalue weighted by Crippen LogP contribution is -2.29. The molecule has 0 fully saturated rings. The van der Waals surface area contributed by atoms with Gasteiger partial charge in [0.1, 0.15) is 12.2 Å². The van der Waals surface area contributed by atoms with Crippen molar-refractivity contribution in [3.05, 3.63) is 35.3 Å². The van der Waals surface area contributed by atoms with E-state index in [-0.39, 0.29) is 5.76 Å². The van der Waals surface area contributed by atoms with Gasteiger partial charge in [-0.05, 0) is 0 Å². The van der Waals surface area contributed by atoms with Crippen molar-refractivity contribution in [2.45, 2.75) is 25.1 Å². The van der Waals surface area contributed by atoms with Crippen LogP contribution in [0.3, 0.4) is 0 Å². The van der Waals surface area contributed by atoms with Crippen molar-refractivity contribution in [3.8, 4) is 0 Å². The van der Waals surface area contributed by atoms with Crippen LogP contribution >= 0.6 is 0 Å². The van der Waals surface area contributed by atoms with Crippen LogP contribution in [0.15, 0.2) is 29.2 Å². The Kier molecular flexibility index (Phi) is 3.76. The number of alkyl halides is 3. The minimum atomic E-state index is -5.63. The maximum Gasteiger partial charge on any atom is 0.534 e. The van der Waals surface area contributed by atoms with Gasteiger partial charge in [-0.1, -0.05) is 19.6 Å². The number of hydrogen-bond donors (Lipinski definition) is 0. The molecule has 0 saturated carbocycles. The standard InChI is InChI=1S/C10H12F3O3SSi/c1-18(2,3)9-7-5-4-6-8(9)16-17(14,15)10(11,12)13/h4,6-7H,1-3H3/q+1. The van der Waals surface area contributed by atoms with Crippen molar-refractivity contribution in [1.82, 2.24) is 0 Å². The van der Waals surface area contributed by atoms with Crippen LogP contribution in [0, 0.1) is 6.08 Å². The molecule has 1 rings (SSSR count). The molecule has 0 aromatic carbocycles. The van der Waals surface area contributed by atoms with E-state index in [1.807, 2.05) is 19.6 Å². The average molecular weight is 297 g/mol. The van der Waals surface area contributed by atoms with Gasteiger partial charge in [0.25, 0.3) is 0 Å². The highest BCUT2D eigenvalue weighted by atomic mass is 32.2. The molecule has 0 N–H and O–H groups in total. The van der Waals surface area contributed by atoms with Crippen LogP contribution in [-0.2, 0) is 14.3 Å². The molecule has 0 spiro atoms. The van der Waals surface area contributed by atoms with Crippen molar-refractivity contribution < 1.29 is 25.8 Å². The van der Waals surface area contributed by atoms with Crippen LogP contribution in [0.1, 0.15) is 0 Å². The fourth-order valence-corrected chi connectivity index (χ4v) is 3.18. The van der Waals surface area contributed by atoms with Crippen molar-refractivity contribution in [3.63, 3.8) is 0 Å². The smallest absolute Gasteiger partial charge is 0.349 e. The third-order valence-corrected chi connectivity index (χ3v) is 5.09. The van der Waals surface area contributed by atoms with Gasteiger partial charge in [-0.15, -0.1) is 0 Å². The highest BCUT2D eigenvalue weighted by Gasteiger charge is 2.50. The van der Waals surface area contributed by atoms with Crippen LogP contribution in [0.4, 0.5) is 13.2 Å². The summed E-state index contributed by atoms with van der Waals surface area (Å²) in [7, 11) is -7.65. The molecule has 1 aliphatic rings. The Labute approximate surface area is 105 Å². The molecule has 3 nitrogen and oxygen atoms in total. The normalized spacial score (nSPS) is 16.8. The molecule has 0 heterocycles. The zero-order valence-corrected chi connectivity index (χ0v) is 11.8. The quantitative estimate of drug-likeness (QED) is 0.348. The minimum absolute atomic E-state index is 0.273. The first-order valence-corrected chi connectivity index (χ1v) is 9.87. The second-order valence-corrected chi connectivity index (χ2v) is 11.2. The number of allylic oxidation sites excluding steroid dienone is 5. The van der Waals surface area contributed by atoms with Gasteiger partial charge in [-0.2, -0.15) is 21.6 Å². The summed E-state index contributed by atoms with van der Waals surface area (Å²) in [5, 5.41) is 0.470. The second kappa shape index (κ2) is 4.53. The van der Waals surface area contributed by atoms with E-state index in [0.717, 1.165) is 0 Å². The summed E-state index contributed by atoms with van der Waals surface area (Å²) in [6, 6.07) is 0. The van der Waals surface area contributed by atoms with Crippen molar-refractivity contribution in [2.75, 3.05) is 0 Å². The highest BCUT2D eigenvalue weighted by Crippen LogP contribution is 2.31. The summed E-state index contributed by atoms with van der Waals surface area (Å²) in [4.78, 5) is 0. The molecule has 8 heteroatoms. The van der Waals surface area contributed by atoms with Crippen LogP contribution in [0.25, 0.3) is 0 Å². The van der Waals surface area contributed by atoms with Crippen molar-refractivity contribution in [1.29, 1.82) is 0 Å². The molecule has 0 atom stereocenters.